The first-order valence-electron chi connectivity index (χ1n) is 2.56. The van der Waals surface area contributed by atoms with Crippen molar-refractivity contribution in [1.82, 2.24) is 9.55 Å². The number of rotatable bonds is 0. The molecule has 3 nitrogen and oxygen atoms in total. The Labute approximate surface area is 67.3 Å². The molecule has 0 radical (unpaired) electrons. The number of H-pyrrole nitrogens is 1. The predicted octanol–water partition coefficient (Wildman–Crippen LogP) is 1.10. The van der Waals surface area contributed by atoms with Crippen LogP contribution in [0.3, 0.4) is 0 Å². The van der Waals surface area contributed by atoms with E-state index in [-0.39, 0.29) is 10.2 Å². The van der Waals surface area contributed by atoms with Gasteiger partial charge >= 0.3 is 0 Å². The van der Waals surface area contributed by atoms with Crippen molar-refractivity contribution in [2.45, 2.75) is 0 Å². The van der Waals surface area contributed by atoms with Gasteiger partial charge in [-0.15, -0.1) is 0 Å². The molecule has 1 heterocycles. The maximum absolute atomic E-state index is 10.9. The lowest BCUT2D eigenvalue weighted by molar-refractivity contribution is 0.835. The van der Waals surface area contributed by atoms with E-state index in [0.29, 0.717) is 5.15 Å². The van der Waals surface area contributed by atoms with E-state index in [9.17, 15) is 4.79 Å². The fraction of sp³-hybridized carbons (Fsp3) is 0.200. The van der Waals surface area contributed by atoms with Gasteiger partial charge in [0.2, 0.25) is 0 Å². The Morgan fingerprint density at radius 3 is 2.90 bits per heavy atom. The standard InChI is InChI=1S/C5H5ClN2OS/c1-8-2-3(6)7-4(10)5(8)9/h2H,1H3,(H,7,10). The van der Waals surface area contributed by atoms with Gasteiger partial charge in [-0.1, -0.05) is 23.8 Å². The molecule has 0 amide bonds. The molecule has 1 aromatic heterocycles. The van der Waals surface area contributed by atoms with E-state index >= 15 is 0 Å². The van der Waals surface area contributed by atoms with Gasteiger partial charge in [0.15, 0.2) is 4.64 Å². The fourth-order valence-corrected chi connectivity index (χ4v) is 1.13. The molecule has 0 aliphatic heterocycles. The number of hydrogen-bond acceptors (Lipinski definition) is 2. The van der Waals surface area contributed by atoms with Crippen LogP contribution in [0.15, 0.2) is 11.0 Å². The predicted molar refractivity (Wildman–Crippen MR) is 41.9 cm³/mol. The summed E-state index contributed by atoms with van der Waals surface area (Å²) in [4.78, 5) is 13.4. The number of hydrogen-bond donors (Lipinski definition) is 1. The van der Waals surface area contributed by atoms with Crippen LogP contribution in [-0.4, -0.2) is 9.55 Å². The second kappa shape index (κ2) is 2.56. The highest BCUT2D eigenvalue weighted by Crippen LogP contribution is 1.97. The summed E-state index contributed by atoms with van der Waals surface area (Å²) in [6.07, 6.45) is 1.47. The Hall–Kier alpha value is -0.610. The molecule has 0 atom stereocenters. The third-order valence-electron chi connectivity index (χ3n) is 1.05. The second-order valence-electron chi connectivity index (χ2n) is 1.85. The van der Waals surface area contributed by atoms with Gasteiger partial charge < -0.3 is 9.55 Å². The van der Waals surface area contributed by atoms with E-state index in [0.717, 1.165) is 0 Å². The molecule has 0 bridgehead atoms. The van der Waals surface area contributed by atoms with Crippen molar-refractivity contribution in [2.75, 3.05) is 0 Å². The van der Waals surface area contributed by atoms with Gasteiger partial charge in [-0.25, -0.2) is 0 Å². The van der Waals surface area contributed by atoms with Crippen LogP contribution in [0.4, 0.5) is 0 Å². The maximum atomic E-state index is 10.9. The molecule has 0 aliphatic carbocycles. The molecular weight excluding hydrogens is 172 g/mol. The first-order valence-corrected chi connectivity index (χ1v) is 3.35. The smallest absolute Gasteiger partial charge is 0.285 e. The summed E-state index contributed by atoms with van der Waals surface area (Å²) in [6.45, 7) is 0. The lowest BCUT2D eigenvalue weighted by Gasteiger charge is -1.95. The van der Waals surface area contributed by atoms with Crippen LogP contribution in [0.5, 0.6) is 0 Å². The number of nitrogens with zero attached hydrogens (tertiary/aromatic N) is 1. The summed E-state index contributed by atoms with van der Waals surface area (Å²) < 4.78 is 1.47. The molecule has 0 aliphatic rings. The largest absolute Gasteiger partial charge is 0.331 e. The zero-order chi connectivity index (χ0) is 7.72. The molecular formula is C5H5ClN2OS. The van der Waals surface area contributed by atoms with Crippen molar-refractivity contribution < 1.29 is 0 Å². The van der Waals surface area contributed by atoms with Crippen molar-refractivity contribution in [3.63, 3.8) is 0 Å². The Morgan fingerprint density at radius 1 is 1.80 bits per heavy atom. The average molecular weight is 177 g/mol. The van der Waals surface area contributed by atoms with Crippen LogP contribution in [0.2, 0.25) is 5.15 Å². The highest BCUT2D eigenvalue weighted by Gasteiger charge is 1.93. The SMILES string of the molecule is Cn1cc(Cl)[nH]c(=S)c1=O. The molecule has 1 rings (SSSR count). The van der Waals surface area contributed by atoms with Crippen molar-refractivity contribution in [2.24, 2.45) is 7.05 Å². The van der Waals surface area contributed by atoms with Crippen LogP contribution in [0.25, 0.3) is 0 Å². The summed E-state index contributed by atoms with van der Waals surface area (Å²) in [5, 5.41) is 0.368. The minimum absolute atomic E-state index is 0.134. The normalized spacial score (nSPS) is 9.80. The Balaban J connectivity index is 3.62. The zero-order valence-electron chi connectivity index (χ0n) is 5.22. The molecule has 0 fully saturated rings. The number of aromatic nitrogens is 2. The Morgan fingerprint density at radius 2 is 2.40 bits per heavy atom. The second-order valence-corrected chi connectivity index (χ2v) is 2.66. The van der Waals surface area contributed by atoms with Gasteiger partial charge in [0.1, 0.15) is 5.15 Å². The highest BCUT2D eigenvalue weighted by molar-refractivity contribution is 7.71. The Kier molecular flexibility index (Phi) is 1.92. The van der Waals surface area contributed by atoms with Gasteiger partial charge in [-0.05, 0) is 0 Å². The third-order valence-corrected chi connectivity index (χ3v) is 1.52. The van der Waals surface area contributed by atoms with Crippen molar-refractivity contribution in [3.05, 3.63) is 26.3 Å². The van der Waals surface area contributed by atoms with Crippen molar-refractivity contribution >= 4 is 23.8 Å². The topological polar surface area (TPSA) is 37.8 Å². The molecule has 1 N–H and O–H groups in total. The lowest BCUT2D eigenvalue weighted by atomic mass is 10.7. The van der Waals surface area contributed by atoms with Gasteiger partial charge in [0, 0.05) is 13.2 Å². The molecule has 0 saturated carbocycles. The van der Waals surface area contributed by atoms with Crippen molar-refractivity contribution in [1.29, 1.82) is 0 Å². The third kappa shape index (κ3) is 1.27. The van der Waals surface area contributed by atoms with E-state index in [1.54, 1.807) is 7.05 Å². The van der Waals surface area contributed by atoms with E-state index in [2.05, 4.69) is 17.2 Å². The van der Waals surface area contributed by atoms with Crippen LogP contribution in [-0.2, 0) is 7.05 Å². The van der Waals surface area contributed by atoms with Crippen molar-refractivity contribution in [3.8, 4) is 0 Å². The van der Waals surface area contributed by atoms with Gasteiger partial charge in [-0.2, -0.15) is 0 Å². The summed E-state index contributed by atoms with van der Waals surface area (Å²) >= 11 is 10.2. The minimum atomic E-state index is -0.237. The summed E-state index contributed by atoms with van der Waals surface area (Å²) in [5.74, 6) is 0. The lowest BCUT2D eigenvalue weighted by Crippen LogP contribution is -2.17. The number of aryl methyl sites for hydroxylation is 1. The van der Waals surface area contributed by atoms with E-state index in [1.807, 2.05) is 0 Å². The highest BCUT2D eigenvalue weighted by atomic mass is 35.5. The summed E-state index contributed by atoms with van der Waals surface area (Å²) in [5.41, 5.74) is -0.237. The van der Waals surface area contributed by atoms with Crippen LogP contribution < -0.4 is 5.56 Å². The quantitative estimate of drug-likeness (QED) is 0.601. The van der Waals surface area contributed by atoms with Gasteiger partial charge in [0.05, 0.1) is 0 Å². The molecule has 0 spiro atoms. The molecule has 0 saturated heterocycles. The van der Waals surface area contributed by atoms with Gasteiger partial charge in [-0.3, -0.25) is 4.79 Å². The molecule has 5 heteroatoms. The molecule has 0 unspecified atom stereocenters. The van der Waals surface area contributed by atoms with E-state index in [4.69, 9.17) is 11.6 Å². The Bertz CT molecular complexity index is 353. The molecule has 10 heavy (non-hydrogen) atoms. The van der Waals surface area contributed by atoms with Crippen LogP contribution in [0, 0.1) is 4.64 Å². The number of halogens is 1. The molecule has 54 valence electrons. The van der Waals surface area contributed by atoms with Crippen LogP contribution >= 0.6 is 23.8 Å². The maximum Gasteiger partial charge on any atom is 0.285 e. The zero-order valence-corrected chi connectivity index (χ0v) is 6.79. The average Bonchev–Trinajstić information content (AvgIpc) is 1.82. The summed E-state index contributed by atoms with van der Waals surface area (Å²) in [6, 6.07) is 0. The first-order chi connectivity index (χ1) is 4.61. The molecule has 0 aromatic carbocycles. The van der Waals surface area contributed by atoms with Crippen LogP contribution in [0.1, 0.15) is 0 Å². The summed E-state index contributed by atoms with van der Waals surface area (Å²) in [7, 11) is 1.60. The monoisotopic (exact) mass is 176 g/mol. The van der Waals surface area contributed by atoms with Gasteiger partial charge in [0.25, 0.3) is 5.56 Å². The molecule has 1 aromatic rings. The first kappa shape index (κ1) is 7.50. The number of nitrogens with one attached hydrogen (secondary N) is 1. The fourth-order valence-electron chi connectivity index (χ4n) is 0.583. The number of aromatic amines is 1. The van der Waals surface area contributed by atoms with E-state index in [1.165, 1.54) is 10.8 Å². The van der Waals surface area contributed by atoms with E-state index < -0.39 is 0 Å². The minimum Gasteiger partial charge on any atom is -0.331 e.